The van der Waals surface area contributed by atoms with Crippen molar-refractivity contribution in [3.05, 3.63) is 64.2 Å². The second-order valence-electron chi connectivity index (χ2n) is 6.96. The number of piperazine rings is 1. The number of non-ortho nitro benzene ring substituents is 1. The zero-order valence-electron chi connectivity index (χ0n) is 16.6. The summed E-state index contributed by atoms with van der Waals surface area (Å²) in [5.41, 5.74) is 1.29. The summed E-state index contributed by atoms with van der Waals surface area (Å²) < 4.78 is 5.19. The van der Waals surface area contributed by atoms with E-state index in [4.69, 9.17) is 4.74 Å². The normalized spacial score (nSPS) is 15.7. The number of benzene rings is 2. The van der Waals surface area contributed by atoms with Crippen molar-refractivity contribution in [3.63, 3.8) is 0 Å². The summed E-state index contributed by atoms with van der Waals surface area (Å²) >= 11 is 1.43. The SMILES string of the molecule is COc1ccc(CN2CCN(C(=O)[C@H](C)Sc3ccc([N+](=O)[O-])cc3)CC2)cc1. The molecule has 0 N–H and O–H groups in total. The van der Waals surface area contributed by atoms with Gasteiger partial charge in [-0.15, -0.1) is 11.8 Å². The van der Waals surface area contributed by atoms with Crippen LogP contribution in [0.2, 0.25) is 0 Å². The Morgan fingerprint density at radius 2 is 1.72 bits per heavy atom. The van der Waals surface area contributed by atoms with E-state index in [9.17, 15) is 14.9 Å². The minimum absolute atomic E-state index is 0.0568. The van der Waals surface area contributed by atoms with Crippen LogP contribution in [0.4, 0.5) is 5.69 Å². The first-order valence-electron chi connectivity index (χ1n) is 9.51. The van der Waals surface area contributed by atoms with Crippen LogP contribution in [0.1, 0.15) is 12.5 Å². The molecule has 1 atom stereocenters. The Labute approximate surface area is 174 Å². The largest absolute Gasteiger partial charge is 0.497 e. The van der Waals surface area contributed by atoms with Crippen LogP contribution >= 0.6 is 11.8 Å². The molecule has 0 aliphatic carbocycles. The van der Waals surface area contributed by atoms with Crippen LogP contribution < -0.4 is 4.74 Å². The highest BCUT2D eigenvalue weighted by molar-refractivity contribution is 8.00. The van der Waals surface area contributed by atoms with Crippen LogP contribution in [0.3, 0.4) is 0 Å². The highest BCUT2D eigenvalue weighted by atomic mass is 32.2. The Kier molecular flexibility index (Phi) is 7.11. The number of nitro groups is 1. The average Bonchev–Trinajstić information content (AvgIpc) is 2.74. The van der Waals surface area contributed by atoms with E-state index in [1.807, 2.05) is 24.0 Å². The topological polar surface area (TPSA) is 75.9 Å². The fraction of sp³-hybridized carbons (Fsp3) is 0.381. The van der Waals surface area contributed by atoms with E-state index in [-0.39, 0.29) is 16.8 Å². The number of hydrogen-bond acceptors (Lipinski definition) is 6. The van der Waals surface area contributed by atoms with Gasteiger partial charge in [0.25, 0.3) is 5.69 Å². The molecule has 8 heteroatoms. The van der Waals surface area contributed by atoms with Gasteiger partial charge in [-0.1, -0.05) is 12.1 Å². The Morgan fingerprint density at radius 3 is 2.28 bits per heavy atom. The smallest absolute Gasteiger partial charge is 0.269 e. The lowest BCUT2D eigenvalue weighted by molar-refractivity contribution is -0.384. The summed E-state index contributed by atoms with van der Waals surface area (Å²) in [5.74, 6) is 0.959. The zero-order valence-corrected chi connectivity index (χ0v) is 17.4. The van der Waals surface area contributed by atoms with Crippen LogP contribution in [0.25, 0.3) is 0 Å². The van der Waals surface area contributed by atoms with Gasteiger partial charge in [0.15, 0.2) is 0 Å². The van der Waals surface area contributed by atoms with Crippen LogP contribution in [-0.2, 0) is 11.3 Å². The third-order valence-corrected chi connectivity index (χ3v) is 6.06. The molecule has 3 rings (SSSR count). The molecule has 29 heavy (non-hydrogen) atoms. The maximum absolute atomic E-state index is 12.8. The van der Waals surface area contributed by atoms with E-state index < -0.39 is 4.92 Å². The molecule has 7 nitrogen and oxygen atoms in total. The summed E-state index contributed by atoms with van der Waals surface area (Å²) in [6.07, 6.45) is 0. The second-order valence-corrected chi connectivity index (χ2v) is 8.37. The number of carbonyl (C=O) groups is 1. The monoisotopic (exact) mass is 415 g/mol. The molecule has 1 aliphatic rings. The van der Waals surface area contributed by atoms with Crippen molar-refractivity contribution in [3.8, 4) is 5.75 Å². The van der Waals surface area contributed by atoms with Crippen molar-refractivity contribution in [2.45, 2.75) is 23.6 Å². The number of nitro benzene ring substituents is 1. The molecule has 0 aromatic heterocycles. The van der Waals surface area contributed by atoms with Crippen molar-refractivity contribution in [2.75, 3.05) is 33.3 Å². The van der Waals surface area contributed by atoms with Gasteiger partial charge in [-0.25, -0.2) is 0 Å². The summed E-state index contributed by atoms with van der Waals surface area (Å²) in [6.45, 7) is 5.84. The van der Waals surface area contributed by atoms with E-state index in [0.717, 1.165) is 30.3 Å². The molecule has 0 spiro atoms. The average molecular weight is 416 g/mol. The predicted molar refractivity (Wildman–Crippen MR) is 113 cm³/mol. The van der Waals surface area contributed by atoms with Gasteiger partial charge in [0.05, 0.1) is 17.3 Å². The van der Waals surface area contributed by atoms with Crippen LogP contribution in [0, 0.1) is 10.1 Å². The molecule has 0 bridgehead atoms. The van der Waals surface area contributed by atoms with Gasteiger partial charge in [-0.05, 0) is 36.8 Å². The van der Waals surface area contributed by atoms with Crippen LogP contribution in [0.5, 0.6) is 5.75 Å². The summed E-state index contributed by atoms with van der Waals surface area (Å²) in [7, 11) is 1.66. The molecule has 1 fully saturated rings. The standard InChI is InChI=1S/C21H25N3O4S/c1-16(29-20-9-5-18(6-10-20)24(26)27)21(25)23-13-11-22(12-14-23)15-17-3-7-19(28-2)8-4-17/h3-10,16H,11-15H2,1-2H3/t16-/m0/s1. The molecule has 154 valence electrons. The van der Waals surface area contributed by atoms with Gasteiger partial charge < -0.3 is 9.64 Å². The molecule has 1 saturated heterocycles. The van der Waals surface area contributed by atoms with Crippen LogP contribution in [0.15, 0.2) is 53.4 Å². The fourth-order valence-corrected chi connectivity index (χ4v) is 4.22. The molecule has 0 unspecified atom stereocenters. The molecule has 1 aliphatic heterocycles. The first-order valence-corrected chi connectivity index (χ1v) is 10.4. The fourth-order valence-electron chi connectivity index (χ4n) is 3.27. The molecule has 2 aromatic rings. The van der Waals surface area contributed by atoms with Crippen molar-refractivity contribution >= 4 is 23.4 Å². The Hall–Kier alpha value is -2.58. The minimum Gasteiger partial charge on any atom is -0.497 e. The Morgan fingerprint density at radius 1 is 1.10 bits per heavy atom. The van der Waals surface area contributed by atoms with Crippen molar-refractivity contribution in [2.24, 2.45) is 0 Å². The lowest BCUT2D eigenvalue weighted by atomic mass is 10.2. The highest BCUT2D eigenvalue weighted by Gasteiger charge is 2.25. The number of amides is 1. The third kappa shape index (κ3) is 5.71. The third-order valence-electron chi connectivity index (χ3n) is 4.96. The Bertz CT molecular complexity index is 834. The molecule has 0 radical (unpaired) electrons. The number of carbonyl (C=O) groups excluding carboxylic acids is 1. The van der Waals surface area contributed by atoms with Crippen molar-refractivity contribution < 1.29 is 14.5 Å². The summed E-state index contributed by atoms with van der Waals surface area (Å²) in [4.78, 5) is 28.2. The van der Waals surface area contributed by atoms with Crippen molar-refractivity contribution in [1.29, 1.82) is 0 Å². The maximum atomic E-state index is 12.8. The molecule has 2 aromatic carbocycles. The summed E-state index contributed by atoms with van der Waals surface area (Å²) in [6, 6.07) is 14.4. The number of thioether (sulfide) groups is 1. The first kappa shape index (κ1) is 21.1. The van der Waals surface area contributed by atoms with Gasteiger partial charge in [0.2, 0.25) is 5.91 Å². The van der Waals surface area contributed by atoms with Gasteiger partial charge in [-0.2, -0.15) is 0 Å². The minimum atomic E-state index is -0.422. The number of ether oxygens (including phenoxy) is 1. The number of nitrogens with zero attached hydrogens (tertiary/aromatic N) is 3. The molecule has 0 saturated carbocycles. The van der Waals surface area contributed by atoms with E-state index in [1.54, 1.807) is 19.2 Å². The lowest BCUT2D eigenvalue weighted by Crippen LogP contribution is -2.50. The summed E-state index contributed by atoms with van der Waals surface area (Å²) in [5, 5.41) is 10.5. The first-order chi connectivity index (χ1) is 14.0. The highest BCUT2D eigenvalue weighted by Crippen LogP contribution is 2.27. The van der Waals surface area contributed by atoms with E-state index >= 15 is 0 Å². The molecular weight excluding hydrogens is 390 g/mol. The number of rotatable bonds is 7. The van der Waals surface area contributed by atoms with Gasteiger partial charge in [0, 0.05) is 49.8 Å². The number of methoxy groups -OCH3 is 1. The quantitative estimate of drug-likeness (QED) is 0.392. The number of hydrogen-bond donors (Lipinski definition) is 0. The van der Waals surface area contributed by atoms with Crippen LogP contribution in [-0.4, -0.2) is 59.2 Å². The van der Waals surface area contributed by atoms with Gasteiger partial charge in [0.1, 0.15) is 5.75 Å². The van der Waals surface area contributed by atoms with Crippen molar-refractivity contribution in [1.82, 2.24) is 9.80 Å². The predicted octanol–water partition coefficient (Wildman–Crippen LogP) is 3.43. The van der Waals surface area contributed by atoms with Gasteiger partial charge >= 0.3 is 0 Å². The van der Waals surface area contributed by atoms with Gasteiger partial charge in [-0.3, -0.25) is 19.8 Å². The van der Waals surface area contributed by atoms with E-state index in [2.05, 4.69) is 17.0 Å². The van der Waals surface area contributed by atoms with E-state index in [0.29, 0.717) is 13.1 Å². The molecule has 1 amide bonds. The second kappa shape index (κ2) is 9.76. The molecular formula is C21H25N3O4S. The zero-order chi connectivity index (χ0) is 20.8. The Balaban J connectivity index is 1.47. The van der Waals surface area contributed by atoms with E-state index in [1.165, 1.54) is 29.5 Å². The lowest BCUT2D eigenvalue weighted by Gasteiger charge is -2.36. The molecule has 1 heterocycles. The maximum Gasteiger partial charge on any atom is 0.269 e.